The zero-order valence-electron chi connectivity index (χ0n) is 13.4. The third-order valence-electron chi connectivity index (χ3n) is 2.25. The molecular weight excluding hydrogens is 248 g/mol. The van der Waals surface area contributed by atoms with Gasteiger partial charge in [0.1, 0.15) is 16.1 Å². The lowest BCUT2D eigenvalue weighted by atomic mass is 10.1. The van der Waals surface area contributed by atoms with Gasteiger partial charge in [-0.15, -0.1) is 11.1 Å². The third kappa shape index (κ3) is 8.39. The SMILES string of the molecule is CC/C(C#C[Si](C)(C)C)=C(/C#C[Si](C)(C)C)CC. The van der Waals surface area contributed by atoms with E-state index in [9.17, 15) is 0 Å². The molecule has 0 aromatic heterocycles. The molecule has 0 bridgehead atoms. The summed E-state index contributed by atoms with van der Waals surface area (Å²) in [6.07, 6.45) is 2.00. The van der Waals surface area contributed by atoms with Crippen LogP contribution in [0.5, 0.6) is 0 Å². The van der Waals surface area contributed by atoms with Gasteiger partial charge in [0, 0.05) is 11.1 Å². The lowest BCUT2D eigenvalue weighted by molar-refractivity contribution is 1.07. The molecule has 0 nitrogen and oxygen atoms in total. The van der Waals surface area contributed by atoms with Gasteiger partial charge in [-0.1, -0.05) is 65.0 Å². The van der Waals surface area contributed by atoms with Crippen molar-refractivity contribution in [3.05, 3.63) is 11.1 Å². The van der Waals surface area contributed by atoms with Crippen LogP contribution in [0.2, 0.25) is 39.3 Å². The quantitative estimate of drug-likeness (QED) is 0.499. The molecule has 100 valence electrons. The molecule has 18 heavy (non-hydrogen) atoms. The molecule has 0 atom stereocenters. The van der Waals surface area contributed by atoms with Crippen molar-refractivity contribution >= 4 is 16.1 Å². The van der Waals surface area contributed by atoms with E-state index in [1.165, 1.54) is 11.1 Å². The van der Waals surface area contributed by atoms with Gasteiger partial charge in [0.25, 0.3) is 0 Å². The molecule has 0 aromatic carbocycles. The third-order valence-corrected chi connectivity index (χ3v) is 4.00. The fourth-order valence-electron chi connectivity index (χ4n) is 1.28. The molecule has 0 unspecified atom stereocenters. The van der Waals surface area contributed by atoms with E-state index in [0.717, 1.165) is 12.8 Å². The number of hydrogen-bond acceptors (Lipinski definition) is 0. The molecule has 0 saturated heterocycles. The minimum Gasteiger partial charge on any atom is -0.127 e. The summed E-state index contributed by atoms with van der Waals surface area (Å²) in [6, 6.07) is 0. The average molecular weight is 277 g/mol. The lowest BCUT2D eigenvalue weighted by Gasteiger charge is -2.07. The minimum atomic E-state index is -1.29. The van der Waals surface area contributed by atoms with Crippen LogP contribution in [0.15, 0.2) is 11.1 Å². The molecule has 0 heterocycles. The normalized spacial score (nSPS) is 12.9. The Bertz CT molecular complexity index is 378. The minimum absolute atomic E-state index is 1.00. The zero-order valence-corrected chi connectivity index (χ0v) is 15.4. The van der Waals surface area contributed by atoms with Crippen LogP contribution in [-0.4, -0.2) is 16.1 Å². The van der Waals surface area contributed by atoms with Crippen LogP contribution in [0.3, 0.4) is 0 Å². The fourth-order valence-corrected chi connectivity index (χ4v) is 2.33. The van der Waals surface area contributed by atoms with Crippen molar-refractivity contribution in [1.29, 1.82) is 0 Å². The second kappa shape index (κ2) is 7.02. The van der Waals surface area contributed by atoms with Gasteiger partial charge in [0.15, 0.2) is 0 Å². The predicted octanol–water partition coefficient (Wildman–Crippen LogP) is 4.86. The highest BCUT2D eigenvalue weighted by Gasteiger charge is 2.09. The maximum Gasteiger partial charge on any atom is 0.129 e. The van der Waals surface area contributed by atoms with Crippen molar-refractivity contribution in [2.24, 2.45) is 0 Å². The number of allylic oxidation sites excluding steroid dienone is 2. The topological polar surface area (TPSA) is 0 Å². The molecule has 0 amide bonds. The molecule has 0 aliphatic carbocycles. The summed E-state index contributed by atoms with van der Waals surface area (Å²) in [5.41, 5.74) is 9.43. The summed E-state index contributed by atoms with van der Waals surface area (Å²) >= 11 is 0. The van der Waals surface area contributed by atoms with Crippen molar-refractivity contribution in [1.82, 2.24) is 0 Å². The van der Waals surface area contributed by atoms with Crippen LogP contribution in [-0.2, 0) is 0 Å². The first-order valence-electron chi connectivity index (χ1n) is 6.87. The number of rotatable bonds is 2. The standard InChI is InChI=1S/C16H28Si2/c1-9-15(11-13-17(3,4)5)16(10-2)12-14-18(6,7)8/h9-10H2,1-8H3/b16-15-. The van der Waals surface area contributed by atoms with Gasteiger partial charge in [-0.05, 0) is 12.8 Å². The second-order valence-electron chi connectivity index (χ2n) is 6.66. The van der Waals surface area contributed by atoms with Gasteiger partial charge < -0.3 is 0 Å². The van der Waals surface area contributed by atoms with Gasteiger partial charge in [-0.2, -0.15) is 0 Å². The molecular formula is C16H28Si2. The number of hydrogen-bond donors (Lipinski definition) is 0. The van der Waals surface area contributed by atoms with Gasteiger partial charge >= 0.3 is 0 Å². The van der Waals surface area contributed by atoms with Crippen LogP contribution in [0.4, 0.5) is 0 Å². The van der Waals surface area contributed by atoms with Gasteiger partial charge in [0.2, 0.25) is 0 Å². The highest BCUT2D eigenvalue weighted by atomic mass is 28.3. The summed E-state index contributed by atoms with van der Waals surface area (Å²) in [5, 5.41) is 0. The fraction of sp³-hybridized carbons (Fsp3) is 0.625. The first kappa shape index (κ1) is 17.3. The Morgan fingerprint density at radius 3 is 1.11 bits per heavy atom. The molecule has 0 aliphatic rings. The summed E-state index contributed by atoms with van der Waals surface area (Å²) in [6.45, 7) is 18.1. The Hall–Kier alpha value is -0.706. The summed E-state index contributed by atoms with van der Waals surface area (Å²) in [4.78, 5) is 0. The average Bonchev–Trinajstić information content (AvgIpc) is 2.20. The van der Waals surface area contributed by atoms with Crippen LogP contribution in [0.25, 0.3) is 0 Å². The monoisotopic (exact) mass is 276 g/mol. The van der Waals surface area contributed by atoms with E-state index < -0.39 is 16.1 Å². The van der Waals surface area contributed by atoms with Gasteiger partial charge in [0.05, 0.1) is 0 Å². The maximum atomic E-state index is 3.46. The zero-order chi connectivity index (χ0) is 14.4. The smallest absolute Gasteiger partial charge is 0.127 e. The van der Waals surface area contributed by atoms with Crippen molar-refractivity contribution in [2.45, 2.75) is 66.0 Å². The van der Waals surface area contributed by atoms with Crippen molar-refractivity contribution in [3.63, 3.8) is 0 Å². The van der Waals surface area contributed by atoms with Crippen LogP contribution in [0.1, 0.15) is 26.7 Å². The van der Waals surface area contributed by atoms with E-state index in [1.54, 1.807) is 0 Å². The Kier molecular flexibility index (Phi) is 6.75. The molecule has 0 fully saturated rings. The molecule has 0 rings (SSSR count). The molecule has 0 aliphatic heterocycles. The van der Waals surface area contributed by atoms with Crippen LogP contribution < -0.4 is 0 Å². The van der Waals surface area contributed by atoms with Gasteiger partial charge in [-0.3, -0.25) is 0 Å². The van der Waals surface area contributed by atoms with Gasteiger partial charge in [-0.25, -0.2) is 0 Å². The summed E-state index contributed by atoms with van der Waals surface area (Å²) in [7, 11) is -2.58. The first-order valence-corrected chi connectivity index (χ1v) is 13.9. The van der Waals surface area contributed by atoms with E-state index in [1.807, 2.05) is 0 Å². The van der Waals surface area contributed by atoms with Crippen molar-refractivity contribution < 1.29 is 0 Å². The van der Waals surface area contributed by atoms with Crippen molar-refractivity contribution in [3.8, 4) is 22.9 Å². The van der Waals surface area contributed by atoms with E-state index >= 15 is 0 Å². The highest BCUT2D eigenvalue weighted by molar-refractivity contribution is 6.84. The van der Waals surface area contributed by atoms with Crippen molar-refractivity contribution in [2.75, 3.05) is 0 Å². The Morgan fingerprint density at radius 1 is 0.667 bits per heavy atom. The predicted molar refractivity (Wildman–Crippen MR) is 89.9 cm³/mol. The van der Waals surface area contributed by atoms with E-state index in [0.29, 0.717) is 0 Å². The Morgan fingerprint density at radius 2 is 0.944 bits per heavy atom. The van der Waals surface area contributed by atoms with E-state index in [-0.39, 0.29) is 0 Å². The molecule has 0 spiro atoms. The maximum absolute atomic E-state index is 3.46. The largest absolute Gasteiger partial charge is 0.129 e. The first-order chi connectivity index (χ1) is 8.09. The molecule has 0 aromatic rings. The Balaban J connectivity index is 5.42. The Labute approximate surface area is 116 Å². The van der Waals surface area contributed by atoms with Crippen LogP contribution >= 0.6 is 0 Å². The second-order valence-corrected chi connectivity index (χ2v) is 16.2. The highest BCUT2D eigenvalue weighted by Crippen LogP contribution is 2.12. The summed E-state index contributed by atoms with van der Waals surface area (Å²) < 4.78 is 0. The molecule has 0 N–H and O–H groups in total. The van der Waals surface area contributed by atoms with E-state index in [4.69, 9.17) is 0 Å². The van der Waals surface area contributed by atoms with E-state index in [2.05, 4.69) is 76.1 Å². The lowest BCUT2D eigenvalue weighted by Crippen LogP contribution is -2.17. The molecule has 2 heteroatoms. The van der Waals surface area contributed by atoms with Crippen LogP contribution in [0, 0.1) is 22.9 Å². The summed E-state index contributed by atoms with van der Waals surface area (Å²) in [5.74, 6) is 6.80. The molecule has 0 radical (unpaired) electrons. The molecule has 0 saturated carbocycles.